The first-order valence-electron chi connectivity index (χ1n) is 20.3. The summed E-state index contributed by atoms with van der Waals surface area (Å²) in [6.07, 6.45) is 1.78. The zero-order valence-corrected chi connectivity index (χ0v) is 28.9. The van der Waals surface area contributed by atoms with Crippen LogP contribution in [0, 0.1) is 0 Å². The van der Waals surface area contributed by atoms with E-state index in [9.17, 15) is 2.74 Å². The Labute approximate surface area is 318 Å². The molecule has 2 aliphatic rings. The number of pyridine rings is 1. The topological polar surface area (TPSA) is 26.0 Å². The highest BCUT2D eigenvalue weighted by Crippen LogP contribution is 2.66. The molecule has 2 nitrogen and oxygen atoms in total. The largest absolute Gasteiger partial charge is 0.455 e. The minimum atomic E-state index is -1.22. The quantitative estimate of drug-likeness (QED) is 0.185. The zero-order valence-electron chi connectivity index (χ0n) is 32.9. The Hall–Kier alpha value is -7.03. The van der Waals surface area contributed by atoms with Gasteiger partial charge in [0.15, 0.2) is 0 Å². The summed E-state index contributed by atoms with van der Waals surface area (Å²) in [5.41, 5.74) is 12.7. The predicted molar refractivity (Wildman–Crippen MR) is 222 cm³/mol. The number of hydrogen-bond donors (Lipinski definition) is 0. The third-order valence-corrected chi connectivity index (χ3v) is 11.6. The number of hydrogen-bond acceptors (Lipinski definition) is 2. The van der Waals surface area contributed by atoms with Crippen LogP contribution in [-0.2, 0) is 5.41 Å². The Morgan fingerprint density at radius 3 is 1.89 bits per heavy atom. The molecule has 0 radical (unpaired) electrons. The summed E-state index contributed by atoms with van der Waals surface area (Å²) in [6.45, 7) is 0. The number of aromatic nitrogens is 1. The number of benzene rings is 8. The maximum Gasteiger partial charge on any atom is 0.144 e. The van der Waals surface area contributed by atoms with Crippen molar-refractivity contribution < 1.29 is 9.90 Å². The van der Waals surface area contributed by atoms with Gasteiger partial charge in [0.05, 0.1) is 16.6 Å². The van der Waals surface area contributed by atoms with Gasteiger partial charge in [-0.1, -0.05) is 158 Å². The summed E-state index contributed by atoms with van der Waals surface area (Å²) < 4.78 is 44.2. The Morgan fingerprint density at radius 1 is 0.463 bits per heavy atom. The second-order valence-electron chi connectivity index (χ2n) is 14.3. The SMILES string of the molecule is [2H]c1c([2H])c([2H])c2c(c1[2H])-c1cccnc1C21c2cc(-c3ccccc3)c3ccccc3c2-c2c1cc(-c1ccc(-c3ccccc3)cc1)c1c2oc2ccccc21. The monoisotopic (exact) mass is 689 g/mol. The third-order valence-electron chi connectivity index (χ3n) is 11.6. The van der Waals surface area contributed by atoms with Gasteiger partial charge in [-0.3, -0.25) is 4.98 Å². The van der Waals surface area contributed by atoms with Crippen LogP contribution in [0.4, 0.5) is 0 Å². The van der Waals surface area contributed by atoms with Crippen molar-refractivity contribution in [2.75, 3.05) is 0 Å². The van der Waals surface area contributed by atoms with Crippen LogP contribution in [0.25, 0.3) is 88.3 Å². The number of nitrogens with zero attached hydrogens (tertiary/aromatic N) is 1. The molecule has 10 aromatic rings. The van der Waals surface area contributed by atoms with E-state index in [-0.39, 0.29) is 24.2 Å². The van der Waals surface area contributed by atoms with Crippen LogP contribution >= 0.6 is 0 Å². The van der Waals surface area contributed by atoms with Crippen LogP contribution in [0.1, 0.15) is 27.9 Å². The van der Waals surface area contributed by atoms with Crippen molar-refractivity contribution >= 4 is 32.7 Å². The molecule has 54 heavy (non-hydrogen) atoms. The highest BCUT2D eigenvalue weighted by Gasteiger charge is 2.54. The highest BCUT2D eigenvalue weighted by atomic mass is 16.3. The Bertz CT molecular complexity index is 3370. The van der Waals surface area contributed by atoms with Crippen LogP contribution < -0.4 is 0 Å². The van der Waals surface area contributed by atoms with E-state index in [4.69, 9.17) is 12.1 Å². The van der Waals surface area contributed by atoms with Crippen LogP contribution in [0.5, 0.6) is 0 Å². The van der Waals surface area contributed by atoms with Gasteiger partial charge < -0.3 is 4.42 Å². The van der Waals surface area contributed by atoms with E-state index >= 15 is 0 Å². The first-order chi connectivity index (χ1) is 28.5. The van der Waals surface area contributed by atoms with Crippen molar-refractivity contribution in [1.82, 2.24) is 4.98 Å². The van der Waals surface area contributed by atoms with E-state index in [1.54, 1.807) is 6.20 Å². The van der Waals surface area contributed by atoms with Gasteiger partial charge >= 0.3 is 0 Å². The number of rotatable bonds is 3. The standard InChI is InChI=1S/C52H31NO/c1-3-14-32(15-4-1)33-25-27-35(28-26-33)42-31-45-49(50-47(42)40-21-10-12-24-46(40)54-50)48-38-20-8-7-18-36(38)41(34-16-5-2-6-17-34)30-44(48)52(45)43-23-11-9-19-37(43)39-22-13-29-53-51(39)52/h1-31H/i9D,11D,19D,23D. The Balaban J connectivity index is 1.31. The normalized spacial score (nSPS) is 16.1. The Morgan fingerprint density at radius 2 is 1.07 bits per heavy atom. The lowest BCUT2D eigenvalue weighted by Gasteiger charge is -2.30. The van der Waals surface area contributed by atoms with E-state index in [0.717, 1.165) is 88.3 Å². The average molecular weight is 690 g/mol. The summed E-state index contributed by atoms with van der Waals surface area (Å²) in [6, 6.07) is 53.7. The molecule has 1 atom stereocenters. The van der Waals surface area contributed by atoms with Crippen molar-refractivity contribution in [3.05, 3.63) is 210 Å². The van der Waals surface area contributed by atoms with Crippen molar-refractivity contribution in [2.45, 2.75) is 5.41 Å². The smallest absolute Gasteiger partial charge is 0.144 e. The Kier molecular flexibility index (Phi) is 5.26. The summed E-state index contributed by atoms with van der Waals surface area (Å²) >= 11 is 0. The lowest BCUT2D eigenvalue weighted by molar-refractivity contribution is 0.669. The van der Waals surface area contributed by atoms with Gasteiger partial charge in [0.2, 0.25) is 0 Å². The second-order valence-corrected chi connectivity index (χ2v) is 14.3. The summed E-state index contributed by atoms with van der Waals surface area (Å²) in [5.74, 6) is 0. The van der Waals surface area contributed by atoms with Crippen LogP contribution in [-0.4, -0.2) is 4.98 Å². The molecule has 0 fully saturated rings. The fourth-order valence-corrected chi connectivity index (χ4v) is 9.43. The molecule has 250 valence electrons. The minimum Gasteiger partial charge on any atom is -0.455 e. The number of para-hydroxylation sites is 1. The summed E-state index contributed by atoms with van der Waals surface area (Å²) in [7, 11) is 0. The van der Waals surface area contributed by atoms with Gasteiger partial charge in [0.1, 0.15) is 11.2 Å². The molecule has 1 spiro atoms. The van der Waals surface area contributed by atoms with Gasteiger partial charge in [0, 0.05) is 28.1 Å². The molecule has 0 bridgehead atoms. The van der Waals surface area contributed by atoms with Crippen molar-refractivity contribution in [3.8, 4) is 55.6 Å². The molecule has 0 saturated carbocycles. The lowest BCUT2D eigenvalue weighted by Crippen LogP contribution is -2.27. The minimum absolute atomic E-state index is 0.0669. The van der Waals surface area contributed by atoms with Crippen LogP contribution in [0.3, 0.4) is 0 Å². The molecule has 2 heteroatoms. The van der Waals surface area contributed by atoms with Gasteiger partial charge in [0.25, 0.3) is 0 Å². The van der Waals surface area contributed by atoms with Gasteiger partial charge in [-0.25, -0.2) is 0 Å². The predicted octanol–water partition coefficient (Wildman–Crippen LogP) is 13.5. The molecule has 8 aromatic carbocycles. The van der Waals surface area contributed by atoms with Gasteiger partial charge in [-0.15, -0.1) is 0 Å². The molecule has 1 unspecified atom stereocenters. The molecule has 0 amide bonds. The maximum atomic E-state index is 9.77. The zero-order chi connectivity index (χ0) is 38.9. The van der Waals surface area contributed by atoms with Crippen molar-refractivity contribution in [1.29, 1.82) is 0 Å². The number of furan rings is 1. The van der Waals surface area contributed by atoms with E-state index in [0.29, 0.717) is 22.4 Å². The van der Waals surface area contributed by atoms with Crippen molar-refractivity contribution in [3.63, 3.8) is 0 Å². The van der Waals surface area contributed by atoms with E-state index < -0.39 is 5.41 Å². The molecule has 0 N–H and O–H groups in total. The van der Waals surface area contributed by atoms with E-state index in [1.807, 2.05) is 54.6 Å². The molecule has 0 saturated heterocycles. The van der Waals surface area contributed by atoms with Gasteiger partial charge in [-0.2, -0.15) is 0 Å². The molecular weight excluding hydrogens is 655 g/mol. The van der Waals surface area contributed by atoms with E-state index in [2.05, 4.69) is 103 Å². The van der Waals surface area contributed by atoms with Crippen LogP contribution in [0.2, 0.25) is 0 Å². The number of fused-ring (bicyclic) bond motifs is 16. The molecular formula is C52H31NO. The maximum absolute atomic E-state index is 9.77. The van der Waals surface area contributed by atoms with E-state index in [1.165, 1.54) is 0 Å². The van der Waals surface area contributed by atoms with Gasteiger partial charge in [-0.05, 0) is 96.2 Å². The fourth-order valence-electron chi connectivity index (χ4n) is 9.43. The molecule has 12 rings (SSSR count). The van der Waals surface area contributed by atoms with Crippen LogP contribution in [0.15, 0.2) is 193 Å². The lowest BCUT2D eigenvalue weighted by atomic mass is 9.71. The fraction of sp³-hybridized carbons (Fsp3) is 0.0192. The summed E-state index contributed by atoms with van der Waals surface area (Å²) in [5, 5.41) is 4.11. The molecule has 2 heterocycles. The molecule has 0 aliphatic heterocycles. The first kappa shape index (κ1) is 25.8. The first-order valence-corrected chi connectivity index (χ1v) is 18.3. The molecule has 2 aromatic heterocycles. The second kappa shape index (κ2) is 11.0. The third kappa shape index (κ3) is 3.81. The average Bonchev–Trinajstić information content (AvgIpc) is 3.92. The summed E-state index contributed by atoms with van der Waals surface area (Å²) in [4.78, 5) is 5.18. The molecule has 2 aliphatic carbocycles. The van der Waals surface area contributed by atoms with Crippen molar-refractivity contribution in [2.24, 2.45) is 0 Å². The highest BCUT2D eigenvalue weighted by molar-refractivity contribution is 6.22.